The lowest BCUT2D eigenvalue weighted by Gasteiger charge is -2.39. The Morgan fingerprint density at radius 2 is 1.80 bits per heavy atom. The molecule has 0 radical (unpaired) electrons. The molecule has 6 nitrogen and oxygen atoms in total. The van der Waals surface area contributed by atoms with E-state index in [9.17, 15) is 4.39 Å². The molecular formula is C23H26FN5O. The number of halogens is 1. The Morgan fingerprint density at radius 3 is 2.60 bits per heavy atom. The molecule has 0 bridgehead atoms. The molecule has 2 aromatic heterocycles. The molecule has 3 aromatic rings. The van der Waals surface area contributed by atoms with Crippen LogP contribution in [0, 0.1) is 5.82 Å². The van der Waals surface area contributed by atoms with Crippen LogP contribution in [0.25, 0.3) is 22.0 Å². The van der Waals surface area contributed by atoms with Crippen LogP contribution in [0.15, 0.2) is 43.0 Å². The van der Waals surface area contributed by atoms with Gasteiger partial charge in [-0.2, -0.15) is 0 Å². The monoisotopic (exact) mass is 407 g/mol. The summed E-state index contributed by atoms with van der Waals surface area (Å²) in [6, 6.07) is 8.49. The predicted octanol–water partition coefficient (Wildman–Crippen LogP) is 3.89. The number of pyridine rings is 1. The van der Waals surface area contributed by atoms with Crippen molar-refractivity contribution in [1.82, 2.24) is 19.9 Å². The maximum Gasteiger partial charge on any atom is 0.142 e. The average molecular weight is 407 g/mol. The van der Waals surface area contributed by atoms with E-state index in [2.05, 4.69) is 25.2 Å². The van der Waals surface area contributed by atoms with Gasteiger partial charge in [0.1, 0.15) is 18.0 Å². The van der Waals surface area contributed by atoms with Crippen LogP contribution < -0.4 is 5.32 Å². The van der Waals surface area contributed by atoms with Crippen LogP contribution in [-0.2, 0) is 4.74 Å². The van der Waals surface area contributed by atoms with Crippen LogP contribution in [0.5, 0.6) is 0 Å². The van der Waals surface area contributed by atoms with Crippen molar-refractivity contribution in [2.45, 2.75) is 37.8 Å². The van der Waals surface area contributed by atoms with Gasteiger partial charge in [-0.15, -0.1) is 0 Å². The number of anilines is 1. The summed E-state index contributed by atoms with van der Waals surface area (Å²) >= 11 is 0. The third kappa shape index (κ3) is 4.13. The third-order valence-electron chi connectivity index (χ3n) is 6.27. The average Bonchev–Trinajstić information content (AvgIpc) is 2.80. The smallest absolute Gasteiger partial charge is 0.142 e. The molecule has 1 aromatic carbocycles. The first-order chi connectivity index (χ1) is 14.8. The number of rotatable bonds is 4. The summed E-state index contributed by atoms with van der Waals surface area (Å²) in [5.41, 5.74) is 2.53. The maximum atomic E-state index is 13.6. The first kappa shape index (κ1) is 19.3. The van der Waals surface area contributed by atoms with E-state index in [0.29, 0.717) is 12.1 Å². The van der Waals surface area contributed by atoms with Gasteiger partial charge in [-0.3, -0.25) is 9.88 Å². The Morgan fingerprint density at radius 1 is 0.967 bits per heavy atom. The molecule has 0 spiro atoms. The molecule has 0 amide bonds. The number of morpholine rings is 1. The number of nitrogens with zero attached hydrogens (tertiary/aromatic N) is 4. The van der Waals surface area contributed by atoms with E-state index < -0.39 is 0 Å². The van der Waals surface area contributed by atoms with E-state index in [1.807, 2.05) is 18.2 Å². The molecule has 156 valence electrons. The van der Waals surface area contributed by atoms with Crippen LogP contribution >= 0.6 is 0 Å². The first-order valence-corrected chi connectivity index (χ1v) is 10.7. The first-order valence-electron chi connectivity index (χ1n) is 10.7. The Kier molecular flexibility index (Phi) is 5.55. The number of hydrogen-bond donors (Lipinski definition) is 1. The fraction of sp³-hybridized carbons (Fsp3) is 0.435. The van der Waals surface area contributed by atoms with Crippen LogP contribution in [0.1, 0.15) is 25.7 Å². The Labute approximate surface area is 175 Å². The van der Waals surface area contributed by atoms with Crippen LogP contribution in [-0.4, -0.2) is 58.2 Å². The van der Waals surface area contributed by atoms with Gasteiger partial charge in [0.05, 0.1) is 24.9 Å². The minimum atomic E-state index is -0.340. The number of benzene rings is 1. The van der Waals surface area contributed by atoms with Gasteiger partial charge in [-0.25, -0.2) is 14.4 Å². The second kappa shape index (κ2) is 8.62. The summed E-state index contributed by atoms with van der Waals surface area (Å²) in [7, 11) is 0. The van der Waals surface area contributed by atoms with Crippen LogP contribution in [0.4, 0.5) is 10.2 Å². The fourth-order valence-electron chi connectivity index (χ4n) is 4.64. The molecule has 2 fully saturated rings. The Bertz CT molecular complexity index is 1020. The second-order valence-corrected chi connectivity index (χ2v) is 8.14. The zero-order chi connectivity index (χ0) is 20.3. The number of ether oxygens (including phenoxy) is 1. The van der Waals surface area contributed by atoms with Crippen molar-refractivity contribution in [3.63, 3.8) is 0 Å². The lowest BCUT2D eigenvalue weighted by molar-refractivity contribution is 0.00791. The molecule has 1 saturated carbocycles. The van der Waals surface area contributed by atoms with E-state index in [1.54, 1.807) is 12.5 Å². The van der Waals surface area contributed by atoms with Gasteiger partial charge in [0.2, 0.25) is 0 Å². The van der Waals surface area contributed by atoms with Crippen molar-refractivity contribution >= 4 is 16.7 Å². The highest BCUT2D eigenvalue weighted by Gasteiger charge is 2.27. The van der Waals surface area contributed by atoms with Crippen LogP contribution in [0.3, 0.4) is 0 Å². The molecule has 3 heterocycles. The van der Waals surface area contributed by atoms with E-state index in [1.165, 1.54) is 25.1 Å². The zero-order valence-electron chi connectivity index (χ0n) is 16.9. The highest BCUT2D eigenvalue weighted by Crippen LogP contribution is 2.30. The van der Waals surface area contributed by atoms with Crippen molar-refractivity contribution < 1.29 is 9.13 Å². The Hall–Kier alpha value is -2.64. The molecular weight excluding hydrogens is 381 g/mol. The molecule has 30 heavy (non-hydrogen) atoms. The van der Waals surface area contributed by atoms with Gasteiger partial charge < -0.3 is 10.1 Å². The highest BCUT2D eigenvalue weighted by atomic mass is 19.1. The second-order valence-electron chi connectivity index (χ2n) is 8.14. The largest absolute Gasteiger partial charge is 0.379 e. The molecule has 1 N–H and O–H groups in total. The van der Waals surface area contributed by atoms with Crippen molar-refractivity contribution in [2.24, 2.45) is 0 Å². The summed E-state index contributed by atoms with van der Waals surface area (Å²) < 4.78 is 19.1. The summed E-state index contributed by atoms with van der Waals surface area (Å²) in [5, 5.41) is 4.61. The molecule has 1 aliphatic carbocycles. The van der Waals surface area contributed by atoms with E-state index in [0.717, 1.165) is 67.0 Å². The summed E-state index contributed by atoms with van der Waals surface area (Å²) in [5.74, 6) is 0.508. The van der Waals surface area contributed by atoms with Gasteiger partial charge in [-0.1, -0.05) is 6.07 Å². The van der Waals surface area contributed by atoms with Crippen molar-refractivity contribution in [3.05, 3.63) is 48.8 Å². The molecule has 2 aliphatic rings. The van der Waals surface area contributed by atoms with E-state index >= 15 is 0 Å². The standard InChI is InChI=1S/C23H26FN5O/c24-18-11-17(13-25-14-18)16-1-6-22-21(12-16)23(27-15-26-22)28-19-2-4-20(5-3-19)29-7-9-30-10-8-29/h1,6,11-15,19-20H,2-5,7-10H2,(H,26,27,28). The number of fused-ring (bicyclic) bond motifs is 1. The number of hydrogen-bond acceptors (Lipinski definition) is 6. The van der Waals surface area contributed by atoms with E-state index in [4.69, 9.17) is 4.74 Å². The van der Waals surface area contributed by atoms with Gasteiger partial charge in [0.25, 0.3) is 0 Å². The summed E-state index contributed by atoms with van der Waals surface area (Å²) in [6.07, 6.45) is 9.14. The minimum absolute atomic E-state index is 0.340. The van der Waals surface area contributed by atoms with Gasteiger partial charge >= 0.3 is 0 Å². The Balaban J connectivity index is 1.32. The number of nitrogens with one attached hydrogen (secondary N) is 1. The molecule has 0 atom stereocenters. The van der Waals surface area contributed by atoms with Gasteiger partial charge in [0, 0.05) is 42.3 Å². The maximum absolute atomic E-state index is 13.6. The SMILES string of the molecule is Fc1cncc(-c2ccc3ncnc(NC4CCC(N5CCOCC5)CC4)c3c2)c1. The fourth-order valence-corrected chi connectivity index (χ4v) is 4.64. The quantitative estimate of drug-likeness (QED) is 0.708. The molecule has 1 saturated heterocycles. The van der Waals surface area contributed by atoms with Crippen molar-refractivity contribution in [3.8, 4) is 11.1 Å². The minimum Gasteiger partial charge on any atom is -0.379 e. The topological polar surface area (TPSA) is 63.2 Å². The zero-order valence-corrected chi connectivity index (χ0v) is 16.9. The summed E-state index contributed by atoms with van der Waals surface area (Å²) in [6.45, 7) is 3.82. The third-order valence-corrected chi connectivity index (χ3v) is 6.27. The molecule has 7 heteroatoms. The summed E-state index contributed by atoms with van der Waals surface area (Å²) in [4.78, 5) is 15.5. The molecule has 0 unspecified atom stereocenters. The number of aromatic nitrogens is 3. The highest BCUT2D eigenvalue weighted by molar-refractivity contribution is 5.92. The van der Waals surface area contributed by atoms with Gasteiger partial charge in [0.15, 0.2) is 0 Å². The van der Waals surface area contributed by atoms with Crippen molar-refractivity contribution in [1.29, 1.82) is 0 Å². The predicted molar refractivity (Wildman–Crippen MR) is 115 cm³/mol. The van der Waals surface area contributed by atoms with E-state index in [-0.39, 0.29) is 5.82 Å². The molecule has 1 aliphatic heterocycles. The van der Waals surface area contributed by atoms with Gasteiger partial charge in [-0.05, 0) is 49.4 Å². The van der Waals surface area contributed by atoms with Crippen molar-refractivity contribution in [2.75, 3.05) is 31.6 Å². The lowest BCUT2D eigenvalue weighted by Crippen LogP contribution is -2.46. The normalized spacial score (nSPS) is 22.8. The molecule has 5 rings (SSSR count). The lowest BCUT2D eigenvalue weighted by atomic mass is 9.90. The van der Waals surface area contributed by atoms with Crippen LogP contribution in [0.2, 0.25) is 0 Å².